The van der Waals surface area contributed by atoms with Crippen molar-refractivity contribution in [1.29, 1.82) is 0 Å². The highest BCUT2D eigenvalue weighted by Crippen LogP contribution is 2.31. The van der Waals surface area contributed by atoms with Crippen LogP contribution in [0.4, 0.5) is 27.6 Å². The van der Waals surface area contributed by atoms with E-state index in [-0.39, 0.29) is 4.34 Å². The van der Waals surface area contributed by atoms with E-state index in [0.717, 1.165) is 6.07 Å². The maximum absolute atomic E-state index is 13.4. The summed E-state index contributed by atoms with van der Waals surface area (Å²) < 4.78 is 90.1. The van der Waals surface area contributed by atoms with Gasteiger partial charge in [0, 0.05) is 0 Å². The van der Waals surface area contributed by atoms with Crippen LogP contribution in [0.3, 0.4) is 0 Å². The number of hydrogen-bond donors (Lipinski definition) is 1. The molecule has 0 saturated carbocycles. The molecule has 11 heteroatoms. The fraction of sp³-hybridized carbons (Fsp3) is 0. The van der Waals surface area contributed by atoms with Crippen molar-refractivity contribution in [2.24, 2.45) is 0 Å². The zero-order valence-electron chi connectivity index (χ0n) is 9.56. The predicted octanol–water partition coefficient (Wildman–Crippen LogP) is 3.90. The Bertz CT molecular complexity index is 792. The lowest BCUT2D eigenvalue weighted by Gasteiger charge is -2.10. The van der Waals surface area contributed by atoms with E-state index in [1.165, 1.54) is 10.8 Å². The van der Waals surface area contributed by atoms with Gasteiger partial charge in [0.15, 0.2) is 23.3 Å². The summed E-state index contributed by atoms with van der Waals surface area (Å²) in [6, 6.07) is 2.21. The molecule has 2 aromatic rings. The van der Waals surface area contributed by atoms with Crippen LogP contribution in [-0.4, -0.2) is 8.42 Å². The number of anilines is 1. The quantitative estimate of drug-likeness (QED) is 0.511. The molecule has 3 nitrogen and oxygen atoms in total. The summed E-state index contributed by atoms with van der Waals surface area (Å²) in [5.41, 5.74) is -1.66. The molecule has 0 spiro atoms. The van der Waals surface area contributed by atoms with Gasteiger partial charge < -0.3 is 0 Å². The first kappa shape index (κ1) is 16.0. The zero-order chi connectivity index (χ0) is 15.9. The molecule has 0 aliphatic heterocycles. The molecule has 0 aliphatic rings. The third kappa shape index (κ3) is 2.83. The van der Waals surface area contributed by atoms with Gasteiger partial charge in [-0.25, -0.2) is 30.4 Å². The molecular weight excluding hydrogens is 361 g/mol. The van der Waals surface area contributed by atoms with Crippen molar-refractivity contribution in [1.82, 2.24) is 0 Å². The van der Waals surface area contributed by atoms with E-state index in [2.05, 4.69) is 0 Å². The molecule has 0 radical (unpaired) electrons. The van der Waals surface area contributed by atoms with Gasteiger partial charge in [0.2, 0.25) is 5.82 Å². The monoisotopic (exact) mass is 363 g/mol. The van der Waals surface area contributed by atoms with Crippen LogP contribution < -0.4 is 4.72 Å². The van der Waals surface area contributed by atoms with Crippen LogP contribution >= 0.6 is 22.9 Å². The molecule has 1 N–H and O–H groups in total. The molecule has 0 unspecified atom stereocenters. The second kappa shape index (κ2) is 5.43. The van der Waals surface area contributed by atoms with Gasteiger partial charge in [-0.15, -0.1) is 11.3 Å². The lowest BCUT2D eigenvalue weighted by Crippen LogP contribution is -2.16. The minimum atomic E-state index is -4.54. The molecule has 0 amide bonds. The van der Waals surface area contributed by atoms with Crippen molar-refractivity contribution in [3.8, 4) is 0 Å². The smallest absolute Gasteiger partial charge is 0.271 e. The summed E-state index contributed by atoms with van der Waals surface area (Å²) >= 11 is 6.06. The Balaban J connectivity index is 2.55. The topological polar surface area (TPSA) is 46.2 Å². The number of thiophene rings is 1. The highest BCUT2D eigenvalue weighted by atomic mass is 35.5. The highest BCUT2D eigenvalue weighted by Gasteiger charge is 2.29. The van der Waals surface area contributed by atoms with Crippen LogP contribution in [0.25, 0.3) is 0 Å². The van der Waals surface area contributed by atoms with E-state index in [1.54, 1.807) is 0 Å². The van der Waals surface area contributed by atoms with E-state index in [1.807, 2.05) is 0 Å². The molecule has 1 aromatic carbocycles. The highest BCUT2D eigenvalue weighted by molar-refractivity contribution is 7.94. The van der Waals surface area contributed by atoms with Crippen molar-refractivity contribution in [3.05, 3.63) is 45.6 Å². The van der Waals surface area contributed by atoms with Crippen molar-refractivity contribution in [2.75, 3.05) is 4.72 Å². The Morgan fingerprint density at radius 1 is 0.905 bits per heavy atom. The van der Waals surface area contributed by atoms with E-state index in [9.17, 15) is 30.4 Å². The first-order chi connectivity index (χ1) is 9.65. The van der Waals surface area contributed by atoms with Crippen LogP contribution in [0.15, 0.2) is 16.3 Å². The number of hydrogen-bond acceptors (Lipinski definition) is 3. The van der Waals surface area contributed by atoms with Crippen molar-refractivity contribution in [2.45, 2.75) is 4.21 Å². The molecular formula is C10H3ClF5NO2S2. The normalized spacial score (nSPS) is 11.7. The Labute approximate surface area is 124 Å². The Kier molecular flexibility index (Phi) is 4.13. The standard InChI is InChI=1S/C10H3ClF5NO2S2/c11-3-1-2-4(20-3)21(18,19)17-10-8(15)6(13)5(12)7(14)9(10)16/h1-2,17H. The first-order valence-electron chi connectivity index (χ1n) is 4.94. The first-order valence-corrected chi connectivity index (χ1v) is 7.62. The van der Waals surface area contributed by atoms with E-state index in [4.69, 9.17) is 11.6 Å². The third-order valence-electron chi connectivity index (χ3n) is 2.26. The molecule has 21 heavy (non-hydrogen) atoms. The number of halogens is 6. The van der Waals surface area contributed by atoms with Gasteiger partial charge >= 0.3 is 0 Å². The molecule has 114 valence electrons. The largest absolute Gasteiger partial charge is 0.273 e. The van der Waals surface area contributed by atoms with Gasteiger partial charge in [-0.1, -0.05) is 11.6 Å². The molecule has 0 aliphatic carbocycles. The molecule has 0 saturated heterocycles. The molecule has 2 rings (SSSR count). The molecule has 0 atom stereocenters. The fourth-order valence-electron chi connectivity index (χ4n) is 1.32. The summed E-state index contributed by atoms with van der Waals surface area (Å²) in [6.45, 7) is 0. The van der Waals surface area contributed by atoms with Crippen molar-refractivity contribution < 1.29 is 30.4 Å². The lowest BCUT2D eigenvalue weighted by molar-refractivity contribution is 0.382. The second-order valence-electron chi connectivity index (χ2n) is 3.61. The summed E-state index contributed by atoms with van der Waals surface area (Å²) in [7, 11) is -4.54. The SMILES string of the molecule is O=S(=O)(Nc1c(F)c(F)c(F)c(F)c1F)c1ccc(Cl)s1. The van der Waals surface area contributed by atoms with Gasteiger partial charge in [-0.3, -0.25) is 4.72 Å². The predicted molar refractivity (Wildman–Crippen MR) is 66.4 cm³/mol. The van der Waals surface area contributed by atoms with Gasteiger partial charge in [-0.05, 0) is 12.1 Å². The van der Waals surface area contributed by atoms with Crippen molar-refractivity contribution in [3.63, 3.8) is 0 Å². The molecule has 1 aromatic heterocycles. The van der Waals surface area contributed by atoms with Gasteiger partial charge in [0.05, 0.1) is 4.34 Å². The van der Waals surface area contributed by atoms with Crippen LogP contribution in [0.1, 0.15) is 0 Å². The van der Waals surface area contributed by atoms with Crippen LogP contribution in [0.2, 0.25) is 4.34 Å². The minimum absolute atomic E-state index is 0.0628. The summed E-state index contributed by atoms with van der Waals surface area (Å²) in [5.74, 6) is -11.5. The summed E-state index contributed by atoms with van der Waals surface area (Å²) in [6.07, 6.45) is 0. The minimum Gasteiger partial charge on any atom is -0.273 e. The Morgan fingerprint density at radius 3 is 1.81 bits per heavy atom. The number of benzene rings is 1. The second-order valence-corrected chi connectivity index (χ2v) is 7.23. The average molecular weight is 364 g/mol. The Morgan fingerprint density at radius 2 is 1.38 bits per heavy atom. The number of sulfonamides is 1. The van der Waals surface area contributed by atoms with Crippen LogP contribution in [0.5, 0.6) is 0 Å². The van der Waals surface area contributed by atoms with Crippen LogP contribution in [-0.2, 0) is 10.0 Å². The van der Waals surface area contributed by atoms with E-state index >= 15 is 0 Å². The van der Waals surface area contributed by atoms with Crippen LogP contribution in [0, 0.1) is 29.1 Å². The Hall–Kier alpha value is -1.39. The average Bonchev–Trinajstić information content (AvgIpc) is 2.87. The van der Waals surface area contributed by atoms with E-state index in [0.29, 0.717) is 11.3 Å². The number of rotatable bonds is 3. The fourth-order valence-corrected chi connectivity index (χ4v) is 3.86. The van der Waals surface area contributed by atoms with Gasteiger partial charge in [0.1, 0.15) is 9.90 Å². The molecule has 1 heterocycles. The zero-order valence-corrected chi connectivity index (χ0v) is 11.9. The summed E-state index contributed by atoms with van der Waals surface area (Å²) in [4.78, 5) is 0. The maximum Gasteiger partial charge on any atom is 0.271 e. The van der Waals surface area contributed by atoms with Gasteiger partial charge in [0.25, 0.3) is 10.0 Å². The maximum atomic E-state index is 13.4. The van der Waals surface area contributed by atoms with E-state index < -0.39 is 49.0 Å². The summed E-state index contributed by atoms with van der Waals surface area (Å²) in [5, 5.41) is 0. The molecule has 0 bridgehead atoms. The third-order valence-corrected chi connectivity index (χ3v) is 5.33. The lowest BCUT2D eigenvalue weighted by atomic mass is 10.2. The number of nitrogens with one attached hydrogen (secondary N) is 1. The van der Waals surface area contributed by atoms with Gasteiger partial charge in [-0.2, -0.15) is 0 Å². The molecule has 0 fully saturated rings. The van der Waals surface area contributed by atoms with Crippen molar-refractivity contribution >= 4 is 38.6 Å².